The largest absolute Gasteiger partial charge is 0.212 e. The number of hydrogen-bond donors (Lipinski definition) is 1. The Morgan fingerprint density at radius 1 is 1.31 bits per heavy atom. The highest BCUT2D eigenvalue weighted by Crippen LogP contribution is 2.18. The van der Waals surface area contributed by atoms with Gasteiger partial charge in [0, 0.05) is 11.9 Å². The fourth-order valence-corrected chi connectivity index (χ4v) is 3.28. The molecule has 0 spiro atoms. The van der Waals surface area contributed by atoms with Gasteiger partial charge in [0.15, 0.2) is 0 Å². The van der Waals surface area contributed by atoms with E-state index in [4.69, 9.17) is 11.6 Å². The molecule has 1 rings (SSSR count). The van der Waals surface area contributed by atoms with Gasteiger partial charge in [-0.25, -0.2) is 13.1 Å². The quantitative estimate of drug-likeness (QED) is 0.721. The van der Waals surface area contributed by atoms with Crippen LogP contribution in [0.25, 0.3) is 0 Å². The van der Waals surface area contributed by atoms with Crippen molar-refractivity contribution in [2.45, 2.75) is 38.1 Å². The number of sulfonamides is 1. The summed E-state index contributed by atoms with van der Waals surface area (Å²) in [5.41, 5.74) is 0. The van der Waals surface area contributed by atoms with E-state index in [1.54, 1.807) is 0 Å². The summed E-state index contributed by atoms with van der Waals surface area (Å²) in [7, 11) is -3.06. The number of rotatable bonds is 5. The number of halogens is 1. The molecule has 0 atom stereocenters. The van der Waals surface area contributed by atoms with Crippen LogP contribution in [0.1, 0.15) is 32.1 Å². The van der Waals surface area contributed by atoms with E-state index in [2.05, 4.69) is 4.72 Å². The van der Waals surface area contributed by atoms with Crippen LogP contribution >= 0.6 is 11.6 Å². The van der Waals surface area contributed by atoms with Crippen molar-refractivity contribution in [3.63, 3.8) is 0 Å². The predicted molar refractivity (Wildman–Crippen MR) is 54.5 cm³/mol. The second kappa shape index (κ2) is 5.17. The third kappa shape index (κ3) is 4.29. The first kappa shape index (κ1) is 11.3. The monoisotopic (exact) mass is 225 g/mol. The lowest BCUT2D eigenvalue weighted by atomic mass is 10.3. The summed E-state index contributed by atoms with van der Waals surface area (Å²) in [6, 6.07) is 0.181. The standard InChI is InChI=1S/C8H16ClNO2S/c9-6-3-7-13(11,12)10-8-4-1-2-5-8/h8,10H,1-7H2. The topological polar surface area (TPSA) is 46.2 Å². The summed E-state index contributed by atoms with van der Waals surface area (Å²) in [6.45, 7) is 0. The molecular formula is C8H16ClNO2S. The molecule has 5 heteroatoms. The van der Waals surface area contributed by atoms with E-state index in [0.717, 1.165) is 25.7 Å². The Morgan fingerprint density at radius 3 is 2.46 bits per heavy atom. The maximum atomic E-state index is 11.4. The molecule has 1 saturated carbocycles. The van der Waals surface area contributed by atoms with Crippen LogP contribution in [0.2, 0.25) is 0 Å². The molecular weight excluding hydrogens is 210 g/mol. The summed E-state index contributed by atoms with van der Waals surface area (Å²) in [5.74, 6) is 0.568. The van der Waals surface area contributed by atoms with Crippen molar-refractivity contribution in [1.29, 1.82) is 0 Å². The average Bonchev–Trinajstić information content (AvgIpc) is 2.52. The molecule has 0 unspecified atom stereocenters. The first-order valence-electron chi connectivity index (χ1n) is 4.70. The predicted octanol–water partition coefficient (Wildman–Crippen LogP) is 1.48. The molecule has 3 nitrogen and oxygen atoms in total. The van der Waals surface area contributed by atoms with Crippen molar-refractivity contribution in [2.75, 3.05) is 11.6 Å². The Hall–Kier alpha value is 0.200. The maximum absolute atomic E-state index is 11.4. The van der Waals surface area contributed by atoms with Gasteiger partial charge >= 0.3 is 0 Å². The molecule has 1 aliphatic rings. The van der Waals surface area contributed by atoms with Crippen LogP contribution in [-0.2, 0) is 10.0 Å². The van der Waals surface area contributed by atoms with Crippen LogP contribution in [0.4, 0.5) is 0 Å². The summed E-state index contributed by atoms with van der Waals surface area (Å²) in [5, 5.41) is 0. The fourth-order valence-electron chi connectivity index (χ4n) is 1.60. The first-order valence-corrected chi connectivity index (χ1v) is 6.89. The van der Waals surface area contributed by atoms with E-state index in [1.165, 1.54) is 0 Å². The van der Waals surface area contributed by atoms with Gasteiger partial charge in [-0.2, -0.15) is 0 Å². The normalized spacial score (nSPS) is 19.5. The number of nitrogens with one attached hydrogen (secondary N) is 1. The Balaban J connectivity index is 2.32. The molecule has 0 bridgehead atoms. The van der Waals surface area contributed by atoms with E-state index in [-0.39, 0.29) is 11.8 Å². The zero-order chi connectivity index (χ0) is 9.73. The van der Waals surface area contributed by atoms with Crippen LogP contribution < -0.4 is 4.72 Å². The Labute approximate surface area is 84.9 Å². The van der Waals surface area contributed by atoms with Crippen LogP contribution in [0, 0.1) is 0 Å². The lowest BCUT2D eigenvalue weighted by Crippen LogP contribution is -2.34. The van der Waals surface area contributed by atoms with Crippen molar-refractivity contribution in [2.24, 2.45) is 0 Å². The van der Waals surface area contributed by atoms with Gasteiger partial charge in [0.1, 0.15) is 0 Å². The van der Waals surface area contributed by atoms with E-state index < -0.39 is 10.0 Å². The third-order valence-electron chi connectivity index (χ3n) is 2.25. The van der Waals surface area contributed by atoms with Crippen LogP contribution in [0.15, 0.2) is 0 Å². The molecule has 1 fully saturated rings. The second-order valence-electron chi connectivity index (χ2n) is 3.46. The van der Waals surface area contributed by atoms with Gasteiger partial charge in [-0.15, -0.1) is 11.6 Å². The van der Waals surface area contributed by atoms with Gasteiger partial charge in [-0.05, 0) is 19.3 Å². The number of alkyl halides is 1. The minimum Gasteiger partial charge on any atom is -0.212 e. The van der Waals surface area contributed by atoms with Crippen LogP contribution in [0.5, 0.6) is 0 Å². The highest BCUT2D eigenvalue weighted by molar-refractivity contribution is 7.89. The van der Waals surface area contributed by atoms with Crippen molar-refractivity contribution >= 4 is 21.6 Å². The molecule has 13 heavy (non-hydrogen) atoms. The third-order valence-corrected chi connectivity index (χ3v) is 4.03. The molecule has 0 aliphatic heterocycles. The highest BCUT2D eigenvalue weighted by Gasteiger charge is 2.20. The maximum Gasteiger partial charge on any atom is 0.211 e. The summed E-state index contributed by atoms with van der Waals surface area (Å²) in [6.07, 6.45) is 4.79. The highest BCUT2D eigenvalue weighted by atomic mass is 35.5. The smallest absolute Gasteiger partial charge is 0.211 e. The SMILES string of the molecule is O=S(=O)(CCCCl)NC1CCCC1. The van der Waals surface area contributed by atoms with E-state index in [1.807, 2.05) is 0 Å². The molecule has 1 aliphatic carbocycles. The Morgan fingerprint density at radius 2 is 1.92 bits per heavy atom. The van der Waals surface area contributed by atoms with Crippen LogP contribution in [-0.4, -0.2) is 26.1 Å². The van der Waals surface area contributed by atoms with E-state index in [9.17, 15) is 8.42 Å². The minimum absolute atomic E-state index is 0.160. The average molecular weight is 226 g/mol. The second-order valence-corrected chi connectivity index (χ2v) is 5.71. The molecule has 0 aromatic heterocycles. The lowest BCUT2D eigenvalue weighted by molar-refractivity contribution is 0.551. The van der Waals surface area contributed by atoms with Gasteiger partial charge in [-0.1, -0.05) is 12.8 Å². The number of hydrogen-bond acceptors (Lipinski definition) is 2. The Bertz CT molecular complexity index is 235. The van der Waals surface area contributed by atoms with E-state index >= 15 is 0 Å². The van der Waals surface area contributed by atoms with Gasteiger partial charge < -0.3 is 0 Å². The van der Waals surface area contributed by atoms with Crippen molar-refractivity contribution in [3.05, 3.63) is 0 Å². The summed E-state index contributed by atoms with van der Waals surface area (Å²) in [4.78, 5) is 0. The molecule has 0 radical (unpaired) electrons. The van der Waals surface area contributed by atoms with Crippen molar-refractivity contribution in [1.82, 2.24) is 4.72 Å². The molecule has 0 heterocycles. The van der Waals surface area contributed by atoms with Gasteiger partial charge in [0.2, 0.25) is 10.0 Å². The molecule has 0 saturated heterocycles. The molecule has 0 aromatic carbocycles. The van der Waals surface area contributed by atoms with Gasteiger partial charge in [-0.3, -0.25) is 0 Å². The summed E-state index contributed by atoms with van der Waals surface area (Å²) < 4.78 is 25.5. The van der Waals surface area contributed by atoms with Gasteiger partial charge in [0.05, 0.1) is 5.75 Å². The van der Waals surface area contributed by atoms with Gasteiger partial charge in [0.25, 0.3) is 0 Å². The zero-order valence-corrected chi connectivity index (χ0v) is 9.20. The van der Waals surface area contributed by atoms with E-state index in [0.29, 0.717) is 12.3 Å². The first-order chi connectivity index (χ1) is 6.14. The summed E-state index contributed by atoms with van der Waals surface area (Å²) >= 11 is 5.43. The molecule has 0 amide bonds. The van der Waals surface area contributed by atoms with Crippen molar-refractivity contribution in [3.8, 4) is 0 Å². The molecule has 78 valence electrons. The molecule has 0 aromatic rings. The molecule has 1 N–H and O–H groups in total. The fraction of sp³-hybridized carbons (Fsp3) is 1.00. The zero-order valence-electron chi connectivity index (χ0n) is 7.63. The Kier molecular flexibility index (Phi) is 4.49. The lowest BCUT2D eigenvalue weighted by Gasteiger charge is -2.11. The van der Waals surface area contributed by atoms with Crippen LogP contribution in [0.3, 0.4) is 0 Å². The van der Waals surface area contributed by atoms with Crippen molar-refractivity contribution < 1.29 is 8.42 Å². The minimum atomic E-state index is -3.06.